The summed E-state index contributed by atoms with van der Waals surface area (Å²) in [6.45, 7) is 0. The molecule has 28 heavy (non-hydrogen) atoms. The van der Waals surface area contributed by atoms with E-state index in [1.807, 2.05) is 47.2 Å². The van der Waals surface area contributed by atoms with Crippen molar-refractivity contribution >= 4 is 57.2 Å². The number of hydrogen-bond donors (Lipinski definition) is 1. The minimum absolute atomic E-state index is 0.261. The number of benzene rings is 1. The summed E-state index contributed by atoms with van der Waals surface area (Å²) < 4.78 is 2.66. The van der Waals surface area contributed by atoms with Crippen LogP contribution in [0.3, 0.4) is 0 Å². The second kappa shape index (κ2) is 8.91. The van der Waals surface area contributed by atoms with Crippen LogP contribution >= 0.6 is 46.2 Å². The van der Waals surface area contributed by atoms with Gasteiger partial charge in [-0.2, -0.15) is 0 Å². The number of hydrogen-bond acceptors (Lipinski definition) is 8. The summed E-state index contributed by atoms with van der Waals surface area (Å²) in [5.74, 6) is 0.584. The third kappa shape index (κ3) is 4.30. The Hall–Kier alpha value is -2.14. The first kappa shape index (κ1) is 19.2. The van der Waals surface area contributed by atoms with E-state index < -0.39 is 0 Å². The van der Waals surface area contributed by atoms with Crippen LogP contribution in [0.15, 0.2) is 63.5 Å². The van der Waals surface area contributed by atoms with Gasteiger partial charge in [0.15, 0.2) is 9.50 Å². The highest BCUT2D eigenvalue weighted by Crippen LogP contribution is 2.30. The number of amides is 1. The van der Waals surface area contributed by atoms with Crippen LogP contribution in [0.5, 0.6) is 0 Å². The summed E-state index contributed by atoms with van der Waals surface area (Å²) in [6, 6.07) is 13.8. The zero-order chi connectivity index (χ0) is 19.3. The molecule has 0 fully saturated rings. The summed E-state index contributed by atoms with van der Waals surface area (Å²) in [4.78, 5) is 18.5. The van der Waals surface area contributed by atoms with Crippen molar-refractivity contribution in [3.05, 3.63) is 64.6 Å². The monoisotopic (exact) mass is 445 g/mol. The molecule has 0 saturated carbocycles. The Bertz CT molecular complexity index is 1060. The number of carbonyl (C=O) groups is 1. The average Bonchev–Trinajstić information content (AvgIpc) is 3.47. The Morgan fingerprint density at radius 3 is 2.79 bits per heavy atom. The normalized spacial score (nSPS) is 10.9. The summed E-state index contributed by atoms with van der Waals surface area (Å²) >= 11 is 6.19. The standard InChI is InChI=1S/C18H15N5OS4/c1-25-17-19-10-14(23(17)12-6-3-2-4-7-12)15(24)20-16-21-22-18(28-16)27-11-13-8-5-9-26-13/h2-10H,11H2,1H3,(H,20,21,24). The molecule has 0 saturated heterocycles. The molecule has 3 aromatic heterocycles. The predicted octanol–water partition coefficient (Wildman–Crippen LogP) is 5.05. The molecule has 4 aromatic rings. The van der Waals surface area contributed by atoms with E-state index >= 15 is 0 Å². The van der Waals surface area contributed by atoms with Crippen molar-refractivity contribution in [2.24, 2.45) is 0 Å². The molecule has 1 amide bonds. The Morgan fingerprint density at radius 1 is 1.18 bits per heavy atom. The number of thiophene rings is 1. The molecule has 3 heterocycles. The van der Waals surface area contributed by atoms with Crippen LogP contribution in [0.4, 0.5) is 5.13 Å². The zero-order valence-corrected chi connectivity index (χ0v) is 18.0. The van der Waals surface area contributed by atoms with Crippen LogP contribution in [0.1, 0.15) is 15.4 Å². The molecule has 0 atom stereocenters. The number of rotatable bonds is 7. The van der Waals surface area contributed by atoms with Gasteiger partial charge in [-0.1, -0.05) is 59.1 Å². The molecule has 1 aromatic carbocycles. The Kier molecular flexibility index (Phi) is 6.10. The lowest BCUT2D eigenvalue weighted by atomic mass is 10.3. The van der Waals surface area contributed by atoms with E-state index in [0.29, 0.717) is 10.8 Å². The van der Waals surface area contributed by atoms with Gasteiger partial charge in [0.1, 0.15) is 5.69 Å². The lowest BCUT2D eigenvalue weighted by molar-refractivity contribution is 0.102. The van der Waals surface area contributed by atoms with Gasteiger partial charge >= 0.3 is 0 Å². The van der Waals surface area contributed by atoms with Crippen molar-refractivity contribution in [3.63, 3.8) is 0 Å². The molecule has 10 heteroatoms. The van der Waals surface area contributed by atoms with Crippen molar-refractivity contribution < 1.29 is 4.79 Å². The third-order valence-corrected chi connectivity index (χ3v) is 7.44. The molecule has 142 valence electrons. The second-order valence-electron chi connectivity index (χ2n) is 5.50. The second-order valence-corrected chi connectivity index (χ2v) is 9.50. The summed E-state index contributed by atoms with van der Waals surface area (Å²) in [7, 11) is 0. The molecule has 0 spiro atoms. The van der Waals surface area contributed by atoms with Crippen LogP contribution in [-0.2, 0) is 5.75 Å². The van der Waals surface area contributed by atoms with Crippen molar-refractivity contribution in [1.29, 1.82) is 0 Å². The maximum Gasteiger partial charge on any atom is 0.276 e. The van der Waals surface area contributed by atoms with Gasteiger partial charge in [-0.15, -0.1) is 21.5 Å². The molecule has 4 rings (SSSR count). The average molecular weight is 446 g/mol. The summed E-state index contributed by atoms with van der Waals surface area (Å²) in [6.07, 6.45) is 3.52. The minimum Gasteiger partial charge on any atom is -0.295 e. The quantitative estimate of drug-likeness (QED) is 0.317. The van der Waals surface area contributed by atoms with E-state index in [1.165, 1.54) is 28.0 Å². The Balaban J connectivity index is 1.49. The molecule has 0 aliphatic heterocycles. The fourth-order valence-corrected chi connectivity index (χ4v) is 5.54. The van der Waals surface area contributed by atoms with E-state index in [4.69, 9.17) is 0 Å². The predicted molar refractivity (Wildman–Crippen MR) is 117 cm³/mol. The number of nitrogens with zero attached hydrogens (tertiary/aromatic N) is 4. The molecule has 0 bridgehead atoms. The van der Waals surface area contributed by atoms with Gasteiger partial charge in [0.25, 0.3) is 5.91 Å². The summed E-state index contributed by atoms with van der Waals surface area (Å²) in [5, 5.41) is 14.4. The lowest BCUT2D eigenvalue weighted by Crippen LogP contribution is -2.16. The Labute approximate surface area is 178 Å². The first-order valence-corrected chi connectivity index (χ1v) is 12.1. The number of thioether (sulfide) groups is 2. The van der Waals surface area contributed by atoms with Crippen molar-refractivity contribution in [1.82, 2.24) is 19.7 Å². The van der Waals surface area contributed by atoms with Gasteiger partial charge in [-0.3, -0.25) is 14.7 Å². The molecule has 6 nitrogen and oxygen atoms in total. The van der Waals surface area contributed by atoms with Crippen molar-refractivity contribution in [3.8, 4) is 5.69 Å². The van der Waals surface area contributed by atoms with Gasteiger partial charge in [0.2, 0.25) is 5.13 Å². The number of anilines is 1. The number of nitrogens with one attached hydrogen (secondary N) is 1. The van der Waals surface area contributed by atoms with Crippen LogP contribution in [0, 0.1) is 0 Å². The van der Waals surface area contributed by atoms with E-state index in [9.17, 15) is 4.79 Å². The van der Waals surface area contributed by atoms with Gasteiger partial charge in [0, 0.05) is 16.3 Å². The Morgan fingerprint density at radius 2 is 2.04 bits per heavy atom. The highest BCUT2D eigenvalue weighted by Gasteiger charge is 2.19. The first-order valence-electron chi connectivity index (χ1n) is 8.22. The number of carbonyl (C=O) groups excluding carboxylic acids is 1. The number of aromatic nitrogens is 4. The number of imidazole rings is 1. The maximum absolute atomic E-state index is 12.8. The maximum atomic E-state index is 12.8. The fourth-order valence-electron chi connectivity index (χ4n) is 2.47. The highest BCUT2D eigenvalue weighted by molar-refractivity contribution is 8.00. The SMILES string of the molecule is CSc1ncc(C(=O)Nc2nnc(SCc3cccs3)s2)n1-c1ccccc1. The van der Waals surface area contributed by atoms with Gasteiger partial charge < -0.3 is 0 Å². The van der Waals surface area contributed by atoms with Crippen LogP contribution < -0.4 is 5.32 Å². The zero-order valence-electron chi connectivity index (χ0n) is 14.7. The van der Waals surface area contributed by atoms with E-state index in [0.717, 1.165) is 20.9 Å². The topological polar surface area (TPSA) is 72.7 Å². The van der Waals surface area contributed by atoms with Crippen molar-refractivity contribution in [2.45, 2.75) is 15.2 Å². The largest absolute Gasteiger partial charge is 0.295 e. The smallest absolute Gasteiger partial charge is 0.276 e. The van der Waals surface area contributed by atoms with Crippen LogP contribution in [0.2, 0.25) is 0 Å². The summed E-state index contributed by atoms with van der Waals surface area (Å²) in [5.41, 5.74) is 1.34. The molecule has 0 unspecified atom stereocenters. The van der Waals surface area contributed by atoms with E-state index in [2.05, 4.69) is 31.9 Å². The molecule has 0 aliphatic rings. The molecule has 1 N–H and O–H groups in total. The highest BCUT2D eigenvalue weighted by atomic mass is 32.2. The first-order chi connectivity index (χ1) is 13.7. The number of para-hydroxylation sites is 1. The van der Waals surface area contributed by atoms with E-state index in [-0.39, 0.29) is 5.91 Å². The molecular weight excluding hydrogens is 431 g/mol. The van der Waals surface area contributed by atoms with Crippen molar-refractivity contribution in [2.75, 3.05) is 11.6 Å². The molecule has 0 radical (unpaired) electrons. The van der Waals surface area contributed by atoms with Gasteiger partial charge in [-0.05, 0) is 29.8 Å². The lowest BCUT2D eigenvalue weighted by Gasteiger charge is -2.10. The van der Waals surface area contributed by atoms with Crippen LogP contribution in [0.25, 0.3) is 5.69 Å². The van der Waals surface area contributed by atoms with Gasteiger partial charge in [-0.25, -0.2) is 4.98 Å². The fraction of sp³-hybridized carbons (Fsp3) is 0.111. The van der Waals surface area contributed by atoms with Crippen LogP contribution in [-0.4, -0.2) is 31.9 Å². The minimum atomic E-state index is -0.261. The van der Waals surface area contributed by atoms with Gasteiger partial charge in [0.05, 0.1) is 6.20 Å². The molecular formula is C18H15N5OS4. The molecule has 0 aliphatic carbocycles. The van der Waals surface area contributed by atoms with E-state index in [1.54, 1.807) is 29.3 Å². The third-order valence-electron chi connectivity index (χ3n) is 3.70.